The fraction of sp³-hybridized carbons (Fsp3) is 0. The smallest absolute Gasteiger partial charge is 0.267 e. The van der Waals surface area contributed by atoms with Crippen LogP contribution in [0.3, 0.4) is 0 Å². The van der Waals surface area contributed by atoms with Crippen LogP contribution in [0.4, 0.5) is 0 Å². The highest BCUT2D eigenvalue weighted by atomic mass is 35.5. The van der Waals surface area contributed by atoms with Crippen LogP contribution in [0.2, 0.25) is 20.2 Å². The van der Waals surface area contributed by atoms with Gasteiger partial charge in [0.25, 0.3) is 5.91 Å². The average molecular weight is 363 g/mol. The summed E-state index contributed by atoms with van der Waals surface area (Å²) in [5.41, 5.74) is 2.91. The van der Waals surface area contributed by atoms with E-state index in [0.29, 0.717) is 20.6 Å². The first-order chi connectivity index (χ1) is 9.99. The van der Waals surface area contributed by atoms with Crippen molar-refractivity contribution in [2.24, 2.45) is 5.10 Å². The van der Waals surface area contributed by atoms with Crippen LogP contribution in [0.1, 0.15) is 15.9 Å². The molecule has 0 unspecified atom stereocenters. The summed E-state index contributed by atoms with van der Waals surface area (Å²) in [5, 5.41) is 4.95. The van der Waals surface area contributed by atoms with E-state index in [1.165, 1.54) is 18.5 Å². The molecule has 1 N–H and O–H groups in total. The molecule has 0 saturated heterocycles. The lowest BCUT2D eigenvalue weighted by atomic mass is 10.2. The number of halogens is 4. The Morgan fingerprint density at radius 2 is 1.86 bits per heavy atom. The molecule has 0 radical (unpaired) electrons. The van der Waals surface area contributed by atoms with Crippen molar-refractivity contribution in [3.63, 3.8) is 0 Å². The second-order valence-corrected chi connectivity index (χ2v) is 5.44. The maximum absolute atomic E-state index is 11.9. The van der Waals surface area contributed by atoms with E-state index in [0.717, 1.165) is 0 Å². The molecule has 21 heavy (non-hydrogen) atoms. The average Bonchev–Trinajstić information content (AvgIpc) is 2.44. The maximum atomic E-state index is 11.9. The lowest BCUT2D eigenvalue weighted by Crippen LogP contribution is -2.18. The van der Waals surface area contributed by atoms with E-state index >= 15 is 0 Å². The van der Waals surface area contributed by atoms with Crippen molar-refractivity contribution >= 4 is 58.5 Å². The third-order valence-corrected chi connectivity index (χ3v) is 3.58. The van der Waals surface area contributed by atoms with Crippen LogP contribution in [0.5, 0.6) is 0 Å². The second kappa shape index (κ2) is 7.09. The summed E-state index contributed by atoms with van der Waals surface area (Å²) >= 11 is 23.5. The highest BCUT2D eigenvalue weighted by Gasteiger charge is 2.11. The lowest BCUT2D eigenvalue weighted by molar-refractivity contribution is 0.0955. The molecule has 2 rings (SSSR count). The van der Waals surface area contributed by atoms with Crippen LogP contribution in [-0.4, -0.2) is 17.1 Å². The van der Waals surface area contributed by atoms with Gasteiger partial charge in [0.1, 0.15) is 5.15 Å². The fourth-order valence-electron chi connectivity index (χ4n) is 1.43. The van der Waals surface area contributed by atoms with Gasteiger partial charge in [-0.2, -0.15) is 5.10 Å². The zero-order chi connectivity index (χ0) is 15.4. The van der Waals surface area contributed by atoms with Gasteiger partial charge in [0.15, 0.2) is 0 Å². The Bertz CT molecular complexity index is 698. The van der Waals surface area contributed by atoms with Gasteiger partial charge in [0.05, 0.1) is 26.8 Å². The molecule has 0 fully saturated rings. The molecule has 4 nitrogen and oxygen atoms in total. The molecule has 0 atom stereocenters. The normalized spacial score (nSPS) is 10.9. The second-order valence-electron chi connectivity index (χ2n) is 3.83. The van der Waals surface area contributed by atoms with Crippen LogP contribution in [0.15, 0.2) is 35.6 Å². The van der Waals surface area contributed by atoms with Gasteiger partial charge in [0.2, 0.25) is 0 Å². The monoisotopic (exact) mass is 361 g/mol. The molecule has 0 aliphatic heterocycles. The molecule has 108 valence electrons. The molecular formula is C13H7Cl4N3O. The number of pyridine rings is 1. The zero-order valence-electron chi connectivity index (χ0n) is 10.3. The Labute approximate surface area is 140 Å². The first-order valence-corrected chi connectivity index (χ1v) is 7.08. The van der Waals surface area contributed by atoms with Gasteiger partial charge in [0, 0.05) is 11.8 Å². The zero-order valence-corrected chi connectivity index (χ0v) is 13.3. The minimum atomic E-state index is -0.547. The quantitative estimate of drug-likeness (QED) is 0.498. The predicted molar refractivity (Wildman–Crippen MR) is 85.8 cm³/mol. The van der Waals surface area contributed by atoms with Crippen molar-refractivity contribution in [2.45, 2.75) is 0 Å². The summed E-state index contributed by atoms with van der Waals surface area (Å²) in [4.78, 5) is 15.7. The van der Waals surface area contributed by atoms with Crippen LogP contribution in [-0.2, 0) is 0 Å². The van der Waals surface area contributed by atoms with E-state index in [1.807, 2.05) is 0 Å². The molecule has 0 spiro atoms. The molecule has 1 aromatic heterocycles. The van der Waals surface area contributed by atoms with Crippen molar-refractivity contribution in [1.82, 2.24) is 10.4 Å². The molecule has 8 heteroatoms. The number of hydrazone groups is 1. The van der Waals surface area contributed by atoms with E-state index in [4.69, 9.17) is 46.4 Å². The van der Waals surface area contributed by atoms with Gasteiger partial charge < -0.3 is 0 Å². The number of carbonyl (C=O) groups excluding carboxylic acids is 1. The van der Waals surface area contributed by atoms with Crippen LogP contribution >= 0.6 is 46.4 Å². The summed E-state index contributed by atoms with van der Waals surface area (Å²) < 4.78 is 0. The number of hydrogen-bond donors (Lipinski definition) is 1. The lowest BCUT2D eigenvalue weighted by Gasteiger charge is -2.03. The van der Waals surface area contributed by atoms with E-state index in [9.17, 15) is 4.79 Å². The number of amides is 1. The van der Waals surface area contributed by atoms with Crippen LogP contribution in [0, 0.1) is 0 Å². The Morgan fingerprint density at radius 1 is 1.19 bits per heavy atom. The predicted octanol–water partition coefficient (Wildman–Crippen LogP) is 4.46. The Hall–Kier alpha value is -1.33. The number of hydrogen-bond acceptors (Lipinski definition) is 3. The summed E-state index contributed by atoms with van der Waals surface area (Å²) in [6.07, 6.45) is 2.68. The van der Waals surface area contributed by atoms with Crippen molar-refractivity contribution in [2.75, 3.05) is 0 Å². The summed E-state index contributed by atoms with van der Waals surface area (Å²) in [6, 6.07) is 6.42. The van der Waals surface area contributed by atoms with Crippen LogP contribution < -0.4 is 5.43 Å². The van der Waals surface area contributed by atoms with Crippen molar-refractivity contribution < 1.29 is 4.79 Å². The standard InChI is InChI=1S/C13H7Cl4N3O/c14-7-4-8(12(17)18-5-7)13(21)20-19-6-9-10(15)2-1-3-11(9)16/h1-6H,(H,20,21). The van der Waals surface area contributed by atoms with Gasteiger partial charge in [-0.25, -0.2) is 10.4 Å². The molecule has 0 saturated carbocycles. The number of aromatic nitrogens is 1. The maximum Gasteiger partial charge on any atom is 0.274 e. The van der Waals surface area contributed by atoms with Gasteiger partial charge >= 0.3 is 0 Å². The number of carbonyl (C=O) groups is 1. The third kappa shape index (κ3) is 4.08. The molecule has 2 aromatic rings. The van der Waals surface area contributed by atoms with Crippen molar-refractivity contribution in [1.29, 1.82) is 0 Å². The minimum Gasteiger partial charge on any atom is -0.267 e. The summed E-state index contributed by atoms with van der Waals surface area (Å²) in [7, 11) is 0. The Morgan fingerprint density at radius 3 is 2.52 bits per heavy atom. The number of benzene rings is 1. The SMILES string of the molecule is O=C(NN=Cc1c(Cl)cccc1Cl)c1cc(Cl)cnc1Cl. The highest BCUT2D eigenvalue weighted by molar-refractivity contribution is 6.38. The van der Waals surface area contributed by atoms with Crippen molar-refractivity contribution in [3.05, 3.63) is 61.8 Å². The summed E-state index contributed by atoms with van der Waals surface area (Å²) in [6.45, 7) is 0. The molecule has 1 heterocycles. The largest absolute Gasteiger partial charge is 0.274 e. The summed E-state index contributed by atoms with van der Waals surface area (Å²) in [5.74, 6) is -0.547. The first-order valence-electron chi connectivity index (χ1n) is 5.57. The first kappa shape index (κ1) is 16.0. The van der Waals surface area contributed by atoms with E-state index in [1.54, 1.807) is 18.2 Å². The van der Waals surface area contributed by atoms with Gasteiger partial charge in [-0.15, -0.1) is 0 Å². The van der Waals surface area contributed by atoms with E-state index < -0.39 is 5.91 Å². The molecule has 1 aromatic carbocycles. The molecular weight excluding hydrogens is 356 g/mol. The third-order valence-electron chi connectivity index (χ3n) is 2.41. The number of nitrogens with zero attached hydrogens (tertiary/aromatic N) is 2. The number of nitrogens with one attached hydrogen (secondary N) is 1. The number of rotatable bonds is 3. The van der Waals surface area contributed by atoms with Gasteiger partial charge in [-0.3, -0.25) is 4.79 Å². The molecule has 0 aliphatic rings. The van der Waals surface area contributed by atoms with Crippen LogP contribution in [0.25, 0.3) is 0 Å². The molecule has 0 bridgehead atoms. The van der Waals surface area contributed by atoms with E-state index in [2.05, 4.69) is 15.5 Å². The molecule has 0 aliphatic carbocycles. The van der Waals surface area contributed by atoms with Gasteiger partial charge in [-0.1, -0.05) is 52.5 Å². The van der Waals surface area contributed by atoms with E-state index in [-0.39, 0.29) is 10.7 Å². The Balaban J connectivity index is 2.14. The minimum absolute atomic E-state index is 0.0304. The highest BCUT2D eigenvalue weighted by Crippen LogP contribution is 2.22. The van der Waals surface area contributed by atoms with Gasteiger partial charge in [-0.05, 0) is 18.2 Å². The van der Waals surface area contributed by atoms with Crippen molar-refractivity contribution in [3.8, 4) is 0 Å². The molecule has 1 amide bonds. The topological polar surface area (TPSA) is 54.4 Å². The fourth-order valence-corrected chi connectivity index (χ4v) is 2.27. The Kier molecular flexibility index (Phi) is 5.42.